The molecule has 0 aliphatic rings. The first-order valence-electron chi connectivity index (χ1n) is 14.1. The van der Waals surface area contributed by atoms with Crippen LogP contribution in [0.4, 0.5) is 0 Å². The van der Waals surface area contributed by atoms with Crippen molar-refractivity contribution in [3.8, 4) is 16.8 Å². The first-order valence-corrected chi connectivity index (χ1v) is 14.1. The SMILES string of the molecule is c1ccc2c(-c3c4ccccc4c(-n4c5ccccc5c5ccccc54)c4cnc5ccccc5c34)cccc2c1. The summed E-state index contributed by atoms with van der Waals surface area (Å²) in [6, 6.07) is 50.3. The minimum atomic E-state index is 1.00. The second kappa shape index (κ2) is 8.51. The summed E-state index contributed by atoms with van der Waals surface area (Å²) in [5, 5.41) is 11.0. The molecule has 2 aromatic heterocycles. The molecule has 0 aliphatic carbocycles. The lowest BCUT2D eigenvalue weighted by molar-refractivity contribution is 1.21. The van der Waals surface area contributed by atoms with E-state index >= 15 is 0 Å². The van der Waals surface area contributed by atoms with Crippen molar-refractivity contribution in [1.29, 1.82) is 0 Å². The van der Waals surface area contributed by atoms with Crippen LogP contribution < -0.4 is 0 Å². The minimum Gasteiger partial charge on any atom is -0.308 e. The fourth-order valence-electron chi connectivity index (χ4n) is 6.91. The number of para-hydroxylation sites is 3. The Morgan fingerprint density at radius 1 is 0.415 bits per heavy atom. The van der Waals surface area contributed by atoms with E-state index in [-0.39, 0.29) is 0 Å². The molecule has 2 heteroatoms. The molecule has 190 valence electrons. The van der Waals surface area contributed by atoms with Crippen molar-refractivity contribution in [3.05, 3.63) is 146 Å². The van der Waals surface area contributed by atoms with Crippen molar-refractivity contribution in [2.45, 2.75) is 0 Å². The predicted molar refractivity (Wildman–Crippen MR) is 174 cm³/mol. The van der Waals surface area contributed by atoms with Crippen molar-refractivity contribution >= 4 is 65.0 Å². The zero-order chi connectivity index (χ0) is 26.9. The van der Waals surface area contributed by atoms with Gasteiger partial charge in [-0.05, 0) is 45.5 Å². The summed E-state index contributed by atoms with van der Waals surface area (Å²) in [5.74, 6) is 0. The average Bonchev–Trinajstić information content (AvgIpc) is 3.37. The highest BCUT2D eigenvalue weighted by atomic mass is 15.0. The molecule has 0 saturated heterocycles. The van der Waals surface area contributed by atoms with E-state index in [2.05, 4.69) is 150 Å². The summed E-state index contributed by atoms with van der Waals surface area (Å²) < 4.78 is 2.46. The molecule has 0 N–H and O–H groups in total. The Bertz CT molecular complexity index is 2420. The first-order chi connectivity index (χ1) is 20.4. The van der Waals surface area contributed by atoms with Crippen LogP contribution in [0.5, 0.6) is 0 Å². The molecule has 0 spiro atoms. The number of hydrogen-bond donors (Lipinski definition) is 0. The zero-order valence-electron chi connectivity index (χ0n) is 22.3. The molecule has 0 aliphatic heterocycles. The molecule has 0 atom stereocenters. The monoisotopic (exact) mass is 520 g/mol. The van der Waals surface area contributed by atoms with Gasteiger partial charge in [-0.1, -0.05) is 121 Å². The van der Waals surface area contributed by atoms with Crippen molar-refractivity contribution < 1.29 is 0 Å². The van der Waals surface area contributed by atoms with Gasteiger partial charge < -0.3 is 4.57 Å². The summed E-state index contributed by atoms with van der Waals surface area (Å²) in [6.07, 6.45) is 2.09. The Morgan fingerprint density at radius 3 is 1.73 bits per heavy atom. The highest BCUT2D eigenvalue weighted by Gasteiger charge is 2.22. The lowest BCUT2D eigenvalue weighted by Gasteiger charge is -2.21. The topological polar surface area (TPSA) is 17.8 Å². The van der Waals surface area contributed by atoms with Crippen LogP contribution in [-0.2, 0) is 0 Å². The van der Waals surface area contributed by atoms with Crippen LogP contribution in [0.1, 0.15) is 0 Å². The van der Waals surface area contributed by atoms with Gasteiger partial charge in [0.25, 0.3) is 0 Å². The van der Waals surface area contributed by atoms with Crippen LogP contribution in [-0.4, -0.2) is 9.55 Å². The van der Waals surface area contributed by atoms with Gasteiger partial charge in [0, 0.05) is 38.5 Å². The standard InChI is InChI=1S/C39H24N2/c1-2-14-26-25(12-1)13-11-20-29(26)37-30-17-3-4-18-31(30)39(33-24-40-34-21-8-5-19-32(34)38(33)37)41-35-22-9-6-15-27(35)28-16-7-10-23-36(28)41/h1-24H. The van der Waals surface area contributed by atoms with Crippen LogP contribution in [0, 0.1) is 0 Å². The molecule has 41 heavy (non-hydrogen) atoms. The summed E-state index contributed by atoms with van der Waals surface area (Å²) in [7, 11) is 0. The summed E-state index contributed by atoms with van der Waals surface area (Å²) in [6.45, 7) is 0. The molecule has 0 bridgehead atoms. The lowest BCUT2D eigenvalue weighted by Crippen LogP contribution is -2.00. The largest absolute Gasteiger partial charge is 0.308 e. The second-order valence-electron chi connectivity index (χ2n) is 10.7. The normalized spacial score (nSPS) is 11.9. The van der Waals surface area contributed by atoms with E-state index in [1.54, 1.807) is 0 Å². The maximum Gasteiger partial charge on any atom is 0.0708 e. The second-order valence-corrected chi connectivity index (χ2v) is 10.7. The van der Waals surface area contributed by atoms with Gasteiger partial charge in [-0.2, -0.15) is 0 Å². The lowest BCUT2D eigenvalue weighted by atomic mass is 9.87. The fourth-order valence-corrected chi connectivity index (χ4v) is 6.91. The van der Waals surface area contributed by atoms with Crippen molar-refractivity contribution in [2.24, 2.45) is 0 Å². The predicted octanol–water partition coefficient (Wildman–Crippen LogP) is 10.5. The fraction of sp³-hybridized carbons (Fsp3) is 0. The van der Waals surface area contributed by atoms with Crippen molar-refractivity contribution in [3.63, 3.8) is 0 Å². The van der Waals surface area contributed by atoms with Gasteiger partial charge in [-0.15, -0.1) is 0 Å². The number of aromatic nitrogens is 2. The molecule has 0 saturated carbocycles. The minimum absolute atomic E-state index is 1.00. The molecule has 9 rings (SSSR count). The van der Waals surface area contributed by atoms with Crippen LogP contribution >= 0.6 is 0 Å². The average molecular weight is 521 g/mol. The molecule has 7 aromatic carbocycles. The van der Waals surface area contributed by atoms with Gasteiger partial charge >= 0.3 is 0 Å². The summed E-state index contributed by atoms with van der Waals surface area (Å²) in [4.78, 5) is 5.03. The van der Waals surface area contributed by atoms with E-state index in [1.807, 2.05) is 0 Å². The molecule has 0 unspecified atom stereocenters. The molecular formula is C39H24N2. The van der Waals surface area contributed by atoms with E-state index in [0.717, 1.165) is 10.9 Å². The van der Waals surface area contributed by atoms with Crippen molar-refractivity contribution in [2.75, 3.05) is 0 Å². The first kappa shape index (κ1) is 22.4. The maximum atomic E-state index is 5.03. The van der Waals surface area contributed by atoms with Gasteiger partial charge in [0.05, 0.1) is 22.2 Å². The third-order valence-electron chi connectivity index (χ3n) is 8.59. The van der Waals surface area contributed by atoms with Gasteiger partial charge in [0.2, 0.25) is 0 Å². The van der Waals surface area contributed by atoms with E-state index in [1.165, 1.54) is 70.9 Å². The van der Waals surface area contributed by atoms with Crippen LogP contribution in [0.25, 0.3) is 81.8 Å². The molecule has 2 heterocycles. The van der Waals surface area contributed by atoms with Crippen LogP contribution in [0.2, 0.25) is 0 Å². The highest BCUT2D eigenvalue weighted by Crippen LogP contribution is 2.46. The molecular weight excluding hydrogens is 496 g/mol. The van der Waals surface area contributed by atoms with Gasteiger partial charge in [0.15, 0.2) is 0 Å². The number of nitrogens with zero attached hydrogens (tertiary/aromatic N) is 2. The Balaban J connectivity index is 1.59. The molecule has 9 aromatic rings. The van der Waals surface area contributed by atoms with Gasteiger partial charge in [-0.3, -0.25) is 4.98 Å². The molecule has 0 amide bonds. The number of pyridine rings is 1. The number of benzene rings is 7. The summed E-state index contributed by atoms with van der Waals surface area (Å²) in [5.41, 5.74) is 7.09. The zero-order valence-corrected chi connectivity index (χ0v) is 22.3. The van der Waals surface area contributed by atoms with E-state index in [0.29, 0.717) is 0 Å². The van der Waals surface area contributed by atoms with Gasteiger partial charge in [-0.25, -0.2) is 0 Å². The van der Waals surface area contributed by atoms with Crippen LogP contribution in [0.15, 0.2) is 146 Å². The summed E-state index contributed by atoms with van der Waals surface area (Å²) >= 11 is 0. The van der Waals surface area contributed by atoms with Crippen molar-refractivity contribution in [1.82, 2.24) is 9.55 Å². The Morgan fingerprint density at radius 2 is 0.976 bits per heavy atom. The van der Waals surface area contributed by atoms with E-state index in [9.17, 15) is 0 Å². The van der Waals surface area contributed by atoms with E-state index < -0.39 is 0 Å². The number of rotatable bonds is 2. The molecule has 2 nitrogen and oxygen atoms in total. The maximum absolute atomic E-state index is 5.03. The number of hydrogen-bond acceptors (Lipinski definition) is 1. The molecule has 0 radical (unpaired) electrons. The number of fused-ring (bicyclic) bond motifs is 8. The smallest absolute Gasteiger partial charge is 0.0708 e. The Kier molecular flexibility index (Phi) is 4.64. The third-order valence-corrected chi connectivity index (χ3v) is 8.59. The highest BCUT2D eigenvalue weighted by molar-refractivity contribution is 6.28. The Hall–Kier alpha value is -5.47. The third kappa shape index (κ3) is 3.10. The Labute approximate surface area is 236 Å². The van der Waals surface area contributed by atoms with E-state index in [4.69, 9.17) is 4.98 Å². The molecule has 0 fully saturated rings. The quantitative estimate of drug-likeness (QED) is 0.164. The van der Waals surface area contributed by atoms with Gasteiger partial charge in [0.1, 0.15) is 0 Å². The van der Waals surface area contributed by atoms with Crippen LogP contribution in [0.3, 0.4) is 0 Å².